The van der Waals surface area contributed by atoms with Crippen LogP contribution in [0.4, 0.5) is 0 Å². The van der Waals surface area contributed by atoms with Gasteiger partial charge in [0.05, 0.1) is 12.2 Å². The minimum absolute atomic E-state index is 0.133. The van der Waals surface area contributed by atoms with E-state index >= 15 is 0 Å². The largest absolute Gasteiger partial charge is 0.469 e. The molecule has 22 heavy (non-hydrogen) atoms. The maximum Gasteiger partial charge on any atom is 0.224 e. The number of carbonyl (C=O) groups is 1. The lowest BCUT2D eigenvalue weighted by molar-refractivity contribution is -0.127. The van der Waals surface area contributed by atoms with Crippen molar-refractivity contribution < 1.29 is 13.9 Å². The molecule has 0 aliphatic carbocycles. The van der Waals surface area contributed by atoms with Gasteiger partial charge in [0.15, 0.2) is 0 Å². The lowest BCUT2D eigenvalue weighted by Gasteiger charge is -2.39. The first-order valence-corrected chi connectivity index (χ1v) is 8.45. The Hall–Kier alpha value is -1.33. The second kappa shape index (κ2) is 7.79. The van der Waals surface area contributed by atoms with Crippen molar-refractivity contribution >= 4 is 5.91 Å². The van der Waals surface area contributed by atoms with Gasteiger partial charge in [-0.2, -0.15) is 0 Å². The summed E-state index contributed by atoms with van der Waals surface area (Å²) in [5.41, 5.74) is 0. The number of nitrogens with one attached hydrogen (secondary N) is 1. The smallest absolute Gasteiger partial charge is 0.224 e. The van der Waals surface area contributed by atoms with Gasteiger partial charge in [-0.3, -0.25) is 9.69 Å². The molecule has 1 aromatic rings. The van der Waals surface area contributed by atoms with Gasteiger partial charge in [0, 0.05) is 38.8 Å². The van der Waals surface area contributed by atoms with E-state index in [1.807, 2.05) is 12.1 Å². The Morgan fingerprint density at radius 2 is 2.18 bits per heavy atom. The summed E-state index contributed by atoms with van der Waals surface area (Å²) in [5, 5.41) is 3.06. The van der Waals surface area contributed by atoms with Gasteiger partial charge in [-0.05, 0) is 44.4 Å². The quantitative estimate of drug-likeness (QED) is 0.902. The Balaban J connectivity index is 1.43. The van der Waals surface area contributed by atoms with Crippen molar-refractivity contribution in [3.8, 4) is 0 Å². The van der Waals surface area contributed by atoms with Crippen LogP contribution < -0.4 is 5.32 Å². The van der Waals surface area contributed by atoms with Crippen LogP contribution >= 0.6 is 0 Å². The van der Waals surface area contributed by atoms with Gasteiger partial charge in [-0.25, -0.2) is 0 Å². The van der Waals surface area contributed by atoms with E-state index < -0.39 is 0 Å². The fourth-order valence-electron chi connectivity index (χ4n) is 3.51. The Kier molecular flexibility index (Phi) is 5.51. The predicted molar refractivity (Wildman–Crippen MR) is 83.6 cm³/mol. The van der Waals surface area contributed by atoms with Crippen LogP contribution in [0.15, 0.2) is 22.8 Å². The molecule has 2 aliphatic heterocycles. The van der Waals surface area contributed by atoms with Gasteiger partial charge in [-0.15, -0.1) is 0 Å². The maximum atomic E-state index is 12.4. The van der Waals surface area contributed by atoms with Crippen LogP contribution in [0.5, 0.6) is 0 Å². The maximum absolute atomic E-state index is 12.4. The van der Waals surface area contributed by atoms with Gasteiger partial charge >= 0.3 is 0 Å². The molecule has 1 amide bonds. The summed E-state index contributed by atoms with van der Waals surface area (Å²) >= 11 is 0. The highest BCUT2D eigenvalue weighted by molar-refractivity contribution is 5.78. The molecule has 5 nitrogen and oxygen atoms in total. The van der Waals surface area contributed by atoms with Gasteiger partial charge in [0.25, 0.3) is 0 Å². The summed E-state index contributed by atoms with van der Waals surface area (Å²) in [6.45, 7) is 4.40. The SMILES string of the molecule is O=C(NCCc1ccco1)[C@@H]1CCCN(C2CCOCC2)C1. The van der Waals surface area contributed by atoms with Crippen LogP contribution in [0.2, 0.25) is 0 Å². The Morgan fingerprint density at radius 3 is 2.95 bits per heavy atom. The first-order valence-electron chi connectivity index (χ1n) is 8.45. The van der Waals surface area contributed by atoms with Gasteiger partial charge in [0.1, 0.15) is 5.76 Å². The molecule has 1 N–H and O–H groups in total. The number of likely N-dealkylation sites (tertiary alicyclic amines) is 1. The van der Waals surface area contributed by atoms with Gasteiger partial charge < -0.3 is 14.5 Å². The molecule has 2 saturated heterocycles. The predicted octanol–water partition coefficient (Wildman–Crippen LogP) is 1.83. The van der Waals surface area contributed by atoms with E-state index in [-0.39, 0.29) is 11.8 Å². The van der Waals surface area contributed by atoms with Crippen LogP contribution in [0, 0.1) is 5.92 Å². The van der Waals surface area contributed by atoms with Crippen molar-refractivity contribution in [3.63, 3.8) is 0 Å². The molecule has 2 aliphatic rings. The minimum atomic E-state index is 0.133. The average molecular weight is 306 g/mol. The summed E-state index contributed by atoms with van der Waals surface area (Å²) in [5.74, 6) is 1.25. The van der Waals surface area contributed by atoms with Crippen LogP contribution in [-0.4, -0.2) is 49.7 Å². The van der Waals surface area contributed by atoms with Crippen LogP contribution in [0.1, 0.15) is 31.4 Å². The molecule has 0 bridgehead atoms. The van der Waals surface area contributed by atoms with E-state index in [9.17, 15) is 4.79 Å². The topological polar surface area (TPSA) is 54.7 Å². The molecular weight excluding hydrogens is 280 g/mol. The highest BCUT2D eigenvalue weighted by Gasteiger charge is 2.30. The highest BCUT2D eigenvalue weighted by Crippen LogP contribution is 2.23. The minimum Gasteiger partial charge on any atom is -0.469 e. The molecule has 3 heterocycles. The van der Waals surface area contributed by atoms with Crippen molar-refractivity contribution in [3.05, 3.63) is 24.2 Å². The summed E-state index contributed by atoms with van der Waals surface area (Å²) in [4.78, 5) is 14.9. The van der Waals surface area contributed by atoms with E-state index in [2.05, 4.69) is 10.2 Å². The molecule has 0 unspecified atom stereocenters. The van der Waals surface area contributed by atoms with Crippen molar-refractivity contribution in [1.82, 2.24) is 10.2 Å². The highest BCUT2D eigenvalue weighted by atomic mass is 16.5. The molecule has 122 valence electrons. The Labute approximate surface area is 132 Å². The van der Waals surface area contributed by atoms with Crippen molar-refractivity contribution in [2.45, 2.75) is 38.1 Å². The number of carbonyl (C=O) groups excluding carboxylic acids is 1. The Bertz CT molecular complexity index is 454. The van der Waals surface area contributed by atoms with Crippen LogP contribution in [-0.2, 0) is 16.0 Å². The molecule has 0 saturated carbocycles. The number of hydrogen-bond donors (Lipinski definition) is 1. The van der Waals surface area contributed by atoms with Gasteiger partial charge in [-0.1, -0.05) is 0 Å². The first-order chi connectivity index (χ1) is 10.8. The summed E-state index contributed by atoms with van der Waals surface area (Å²) in [7, 11) is 0. The van der Waals surface area contributed by atoms with Crippen LogP contribution in [0.3, 0.4) is 0 Å². The van der Waals surface area contributed by atoms with Crippen molar-refractivity contribution in [2.24, 2.45) is 5.92 Å². The average Bonchev–Trinajstić information content (AvgIpc) is 3.09. The first kappa shape index (κ1) is 15.6. The number of piperidine rings is 1. The third-order valence-corrected chi connectivity index (χ3v) is 4.78. The molecule has 1 aromatic heterocycles. The molecule has 0 aromatic carbocycles. The fourth-order valence-corrected chi connectivity index (χ4v) is 3.51. The standard InChI is InChI=1S/C17H26N2O3/c20-17(18-8-5-16-4-2-10-22-16)14-3-1-9-19(13-14)15-6-11-21-12-7-15/h2,4,10,14-15H,1,3,5-9,11-13H2,(H,18,20)/t14-/m1/s1. The summed E-state index contributed by atoms with van der Waals surface area (Å²) in [6.07, 6.45) is 6.76. The molecule has 5 heteroatoms. The normalized spacial score (nSPS) is 24.3. The molecule has 2 fully saturated rings. The number of nitrogens with zero attached hydrogens (tertiary/aromatic N) is 1. The molecular formula is C17H26N2O3. The zero-order valence-corrected chi connectivity index (χ0v) is 13.1. The molecule has 3 rings (SSSR count). The number of hydrogen-bond acceptors (Lipinski definition) is 4. The lowest BCUT2D eigenvalue weighted by Crippen LogP contribution is -2.48. The van der Waals surface area contributed by atoms with E-state index in [1.54, 1.807) is 6.26 Å². The van der Waals surface area contributed by atoms with Crippen molar-refractivity contribution in [2.75, 3.05) is 32.8 Å². The second-order valence-electron chi connectivity index (χ2n) is 6.30. The number of furan rings is 1. The zero-order chi connectivity index (χ0) is 15.2. The summed E-state index contributed by atoms with van der Waals surface area (Å²) in [6, 6.07) is 4.43. The Morgan fingerprint density at radius 1 is 1.32 bits per heavy atom. The van der Waals surface area contributed by atoms with E-state index in [0.29, 0.717) is 12.6 Å². The number of amides is 1. The third-order valence-electron chi connectivity index (χ3n) is 4.78. The van der Waals surface area contributed by atoms with E-state index in [1.165, 1.54) is 0 Å². The van der Waals surface area contributed by atoms with Crippen LogP contribution in [0.25, 0.3) is 0 Å². The molecule has 1 atom stereocenters. The molecule has 0 radical (unpaired) electrons. The van der Waals surface area contributed by atoms with E-state index in [0.717, 1.165) is 64.2 Å². The van der Waals surface area contributed by atoms with Crippen molar-refractivity contribution in [1.29, 1.82) is 0 Å². The number of ether oxygens (including phenoxy) is 1. The molecule has 0 spiro atoms. The fraction of sp³-hybridized carbons (Fsp3) is 0.706. The van der Waals surface area contributed by atoms with E-state index in [4.69, 9.17) is 9.15 Å². The third kappa shape index (κ3) is 4.11. The van der Waals surface area contributed by atoms with Gasteiger partial charge in [0.2, 0.25) is 5.91 Å². The number of rotatable bonds is 5. The monoisotopic (exact) mass is 306 g/mol. The second-order valence-corrected chi connectivity index (χ2v) is 6.30. The summed E-state index contributed by atoms with van der Waals surface area (Å²) < 4.78 is 10.7. The zero-order valence-electron chi connectivity index (χ0n) is 13.1. The lowest BCUT2D eigenvalue weighted by atomic mass is 9.94.